The Hall–Kier alpha value is -2.23. The fourth-order valence-electron chi connectivity index (χ4n) is 3.52. The minimum atomic E-state index is -0.996. The van der Waals surface area contributed by atoms with E-state index in [0.717, 1.165) is 12.8 Å². The van der Waals surface area contributed by atoms with Crippen molar-refractivity contribution in [3.05, 3.63) is 58.2 Å². The number of carbonyl (C=O) groups is 1. The minimum absolute atomic E-state index is 0.0798. The molecule has 1 aliphatic carbocycles. The van der Waals surface area contributed by atoms with E-state index in [9.17, 15) is 4.79 Å². The number of carboxylic acids is 1. The smallest absolute Gasteiger partial charge is 0.338 e. The summed E-state index contributed by atoms with van der Waals surface area (Å²) in [6.45, 7) is 11.3. The predicted molar refractivity (Wildman–Crippen MR) is 98.3 cm³/mol. The Kier molecular flexibility index (Phi) is 4.18. The Bertz CT molecular complexity index is 815. The normalized spacial score (nSPS) is 15.9. The molecule has 4 nitrogen and oxygen atoms in total. The predicted octanol–water partition coefficient (Wildman–Crippen LogP) is 4.29. The molecule has 1 aromatic carbocycles. The summed E-state index contributed by atoms with van der Waals surface area (Å²) in [7, 11) is 0. The molecule has 0 saturated heterocycles. The van der Waals surface area contributed by atoms with Crippen LogP contribution < -0.4 is 0 Å². The number of rotatable bonds is 3. The fraction of sp³-hybridized carbons (Fsp3) is 0.476. The van der Waals surface area contributed by atoms with E-state index in [1.807, 2.05) is 0 Å². The first-order valence-electron chi connectivity index (χ1n) is 8.79. The monoisotopic (exact) mass is 338 g/mol. The molecule has 3 rings (SSSR count). The van der Waals surface area contributed by atoms with E-state index >= 15 is 0 Å². The lowest BCUT2D eigenvalue weighted by Crippen LogP contribution is -2.17. The quantitative estimate of drug-likeness (QED) is 0.907. The van der Waals surface area contributed by atoms with Crippen LogP contribution >= 0.6 is 0 Å². The third-order valence-corrected chi connectivity index (χ3v) is 5.24. The van der Waals surface area contributed by atoms with E-state index in [4.69, 9.17) is 5.11 Å². The van der Waals surface area contributed by atoms with Gasteiger partial charge >= 0.3 is 5.97 Å². The Labute approximate surface area is 149 Å². The van der Waals surface area contributed by atoms with Gasteiger partial charge in [-0.1, -0.05) is 46.8 Å². The number of hydrogen-bond acceptors (Lipinski definition) is 3. The van der Waals surface area contributed by atoms with Crippen LogP contribution in [0.25, 0.3) is 0 Å². The standard InChI is InChI=1S/C21H26N2O2/c1-20(2,3)15-8-13(16-6-7-21(4,5)17(16)10-15)9-18-22-11-14(12-23-18)19(24)25/h8,10-12H,6-7,9H2,1-5H3,(H,24,25). The molecule has 0 atom stereocenters. The molecule has 0 aliphatic heterocycles. The average Bonchev–Trinajstić information content (AvgIpc) is 2.83. The molecular formula is C21H26N2O2. The van der Waals surface area contributed by atoms with Crippen molar-refractivity contribution in [1.29, 1.82) is 0 Å². The van der Waals surface area contributed by atoms with Gasteiger partial charge in [0.25, 0.3) is 0 Å². The summed E-state index contributed by atoms with van der Waals surface area (Å²) in [6, 6.07) is 4.66. The number of aromatic carboxylic acids is 1. The van der Waals surface area contributed by atoms with Crippen molar-refractivity contribution < 1.29 is 9.90 Å². The van der Waals surface area contributed by atoms with Gasteiger partial charge in [-0.2, -0.15) is 0 Å². The van der Waals surface area contributed by atoms with Crippen LogP contribution in [-0.4, -0.2) is 21.0 Å². The van der Waals surface area contributed by atoms with Gasteiger partial charge < -0.3 is 5.11 Å². The zero-order chi connectivity index (χ0) is 18.4. The SMILES string of the molecule is CC(C)(C)c1cc(Cc2ncc(C(=O)O)cn2)c2c(c1)C(C)(C)CC2. The molecule has 1 aliphatic rings. The van der Waals surface area contributed by atoms with Gasteiger partial charge in [0.1, 0.15) is 5.82 Å². The maximum absolute atomic E-state index is 11.0. The molecule has 1 N–H and O–H groups in total. The number of benzene rings is 1. The first-order chi connectivity index (χ1) is 11.6. The van der Waals surface area contributed by atoms with Crippen LogP contribution in [0.3, 0.4) is 0 Å². The summed E-state index contributed by atoms with van der Waals surface area (Å²) < 4.78 is 0. The van der Waals surface area contributed by atoms with Gasteiger partial charge in [-0.05, 0) is 45.9 Å². The molecule has 0 amide bonds. The van der Waals surface area contributed by atoms with Gasteiger partial charge in [0.05, 0.1) is 5.56 Å². The van der Waals surface area contributed by atoms with Gasteiger partial charge in [-0.15, -0.1) is 0 Å². The highest BCUT2D eigenvalue weighted by Crippen LogP contribution is 2.42. The van der Waals surface area contributed by atoms with E-state index in [2.05, 4.69) is 56.7 Å². The second-order valence-electron chi connectivity index (χ2n) is 8.67. The lowest BCUT2D eigenvalue weighted by molar-refractivity contribution is 0.0696. The molecular weight excluding hydrogens is 312 g/mol. The number of hydrogen-bond donors (Lipinski definition) is 1. The van der Waals surface area contributed by atoms with Crippen molar-refractivity contribution in [2.45, 2.75) is 64.7 Å². The van der Waals surface area contributed by atoms with E-state index in [-0.39, 0.29) is 16.4 Å². The number of carboxylic acid groups (broad SMARTS) is 1. The van der Waals surface area contributed by atoms with Crippen LogP contribution in [0.5, 0.6) is 0 Å². The van der Waals surface area contributed by atoms with Crippen molar-refractivity contribution in [2.75, 3.05) is 0 Å². The molecule has 132 valence electrons. The van der Waals surface area contributed by atoms with Crippen LogP contribution in [-0.2, 0) is 23.7 Å². The maximum atomic E-state index is 11.0. The van der Waals surface area contributed by atoms with Crippen LogP contribution in [0.4, 0.5) is 0 Å². The molecule has 2 aromatic rings. The maximum Gasteiger partial charge on any atom is 0.338 e. The Morgan fingerprint density at radius 1 is 1.20 bits per heavy atom. The molecule has 1 heterocycles. The largest absolute Gasteiger partial charge is 0.478 e. The summed E-state index contributed by atoms with van der Waals surface area (Å²) in [5.41, 5.74) is 5.87. The molecule has 1 aromatic heterocycles. The minimum Gasteiger partial charge on any atom is -0.478 e. The Balaban J connectivity index is 2.03. The van der Waals surface area contributed by atoms with Gasteiger partial charge in [0, 0.05) is 18.8 Å². The molecule has 0 radical (unpaired) electrons. The van der Waals surface area contributed by atoms with E-state index in [0.29, 0.717) is 12.2 Å². The number of nitrogens with zero attached hydrogens (tertiary/aromatic N) is 2. The van der Waals surface area contributed by atoms with Crippen molar-refractivity contribution in [3.8, 4) is 0 Å². The van der Waals surface area contributed by atoms with Crippen molar-refractivity contribution >= 4 is 5.97 Å². The number of fused-ring (bicyclic) bond motifs is 1. The molecule has 0 bridgehead atoms. The van der Waals surface area contributed by atoms with Crippen molar-refractivity contribution in [3.63, 3.8) is 0 Å². The molecule has 0 spiro atoms. The number of aromatic nitrogens is 2. The summed E-state index contributed by atoms with van der Waals surface area (Å²) in [6.07, 6.45) is 5.66. The van der Waals surface area contributed by atoms with Crippen LogP contribution in [0.15, 0.2) is 24.5 Å². The van der Waals surface area contributed by atoms with Crippen LogP contribution in [0.1, 0.15) is 79.5 Å². The first-order valence-corrected chi connectivity index (χ1v) is 8.79. The third kappa shape index (κ3) is 3.44. The zero-order valence-corrected chi connectivity index (χ0v) is 15.7. The second-order valence-corrected chi connectivity index (χ2v) is 8.67. The third-order valence-electron chi connectivity index (χ3n) is 5.24. The lowest BCUT2D eigenvalue weighted by Gasteiger charge is -2.26. The highest BCUT2D eigenvalue weighted by molar-refractivity contribution is 5.86. The van der Waals surface area contributed by atoms with Crippen molar-refractivity contribution in [1.82, 2.24) is 9.97 Å². The Morgan fingerprint density at radius 2 is 1.84 bits per heavy atom. The molecule has 25 heavy (non-hydrogen) atoms. The summed E-state index contributed by atoms with van der Waals surface area (Å²) in [4.78, 5) is 19.5. The second kappa shape index (κ2) is 5.94. The van der Waals surface area contributed by atoms with Gasteiger partial charge in [-0.25, -0.2) is 14.8 Å². The highest BCUT2D eigenvalue weighted by atomic mass is 16.4. The Morgan fingerprint density at radius 3 is 2.40 bits per heavy atom. The fourth-order valence-corrected chi connectivity index (χ4v) is 3.52. The van der Waals surface area contributed by atoms with E-state index in [1.165, 1.54) is 34.6 Å². The highest BCUT2D eigenvalue weighted by Gasteiger charge is 2.33. The molecule has 0 unspecified atom stereocenters. The van der Waals surface area contributed by atoms with E-state index < -0.39 is 5.97 Å². The molecule has 0 saturated carbocycles. The first kappa shape index (κ1) is 17.6. The summed E-state index contributed by atoms with van der Waals surface area (Å²) in [5.74, 6) is -0.327. The summed E-state index contributed by atoms with van der Waals surface area (Å²) in [5, 5.41) is 9.00. The van der Waals surface area contributed by atoms with Gasteiger partial charge in [0.15, 0.2) is 0 Å². The summed E-state index contributed by atoms with van der Waals surface area (Å²) >= 11 is 0. The molecule has 0 fully saturated rings. The van der Waals surface area contributed by atoms with Gasteiger partial charge in [0.2, 0.25) is 0 Å². The topological polar surface area (TPSA) is 63.1 Å². The van der Waals surface area contributed by atoms with E-state index in [1.54, 1.807) is 0 Å². The average molecular weight is 338 g/mol. The van der Waals surface area contributed by atoms with Crippen molar-refractivity contribution in [2.24, 2.45) is 0 Å². The van der Waals surface area contributed by atoms with Crippen LogP contribution in [0, 0.1) is 0 Å². The molecule has 4 heteroatoms. The van der Waals surface area contributed by atoms with Gasteiger partial charge in [-0.3, -0.25) is 0 Å². The zero-order valence-electron chi connectivity index (χ0n) is 15.7. The lowest BCUT2D eigenvalue weighted by atomic mass is 9.79. The van der Waals surface area contributed by atoms with Crippen LogP contribution in [0.2, 0.25) is 0 Å².